The summed E-state index contributed by atoms with van der Waals surface area (Å²) in [5, 5.41) is 17.4. The summed E-state index contributed by atoms with van der Waals surface area (Å²) in [5.41, 5.74) is 3.35. The lowest BCUT2D eigenvalue weighted by molar-refractivity contribution is -0.577. The van der Waals surface area contributed by atoms with Gasteiger partial charge in [0.25, 0.3) is 5.91 Å². The van der Waals surface area contributed by atoms with Gasteiger partial charge in [-0.3, -0.25) is 9.69 Å². The van der Waals surface area contributed by atoms with Gasteiger partial charge in [-0.25, -0.2) is 0 Å². The predicted molar refractivity (Wildman–Crippen MR) is 153 cm³/mol. The Bertz CT molecular complexity index is 1310. The maximum absolute atomic E-state index is 13.4. The molecule has 0 bridgehead atoms. The number of pyridine rings is 1. The van der Waals surface area contributed by atoms with Crippen LogP contribution >= 0.6 is 15.9 Å². The van der Waals surface area contributed by atoms with Gasteiger partial charge in [-0.05, 0) is 76.4 Å². The van der Waals surface area contributed by atoms with E-state index in [0.717, 1.165) is 59.3 Å². The van der Waals surface area contributed by atoms with Crippen LogP contribution in [0.15, 0.2) is 70.4 Å². The van der Waals surface area contributed by atoms with Crippen LogP contribution in [0.25, 0.3) is 10.9 Å². The fourth-order valence-electron chi connectivity index (χ4n) is 5.88. The van der Waals surface area contributed by atoms with Crippen molar-refractivity contribution in [2.75, 3.05) is 32.8 Å². The Labute approximate surface area is 232 Å². The number of carbonyl (C=O) groups excluding carboxylic acids is 1. The number of nitrogens with zero attached hydrogens (tertiary/aromatic N) is 4. The Morgan fingerprint density at radius 1 is 1.08 bits per heavy atom. The van der Waals surface area contributed by atoms with Crippen molar-refractivity contribution >= 4 is 38.5 Å². The van der Waals surface area contributed by atoms with E-state index in [-0.39, 0.29) is 11.4 Å². The molecule has 0 atom stereocenters. The summed E-state index contributed by atoms with van der Waals surface area (Å²) in [4.78, 5) is 23.5. The van der Waals surface area contributed by atoms with Crippen molar-refractivity contribution in [1.82, 2.24) is 9.80 Å². The van der Waals surface area contributed by atoms with Gasteiger partial charge < -0.3 is 14.9 Å². The first kappa shape index (κ1) is 26.6. The summed E-state index contributed by atoms with van der Waals surface area (Å²) < 4.78 is 1.88. The number of amides is 1. The van der Waals surface area contributed by atoms with E-state index < -0.39 is 0 Å². The van der Waals surface area contributed by atoms with E-state index in [9.17, 15) is 10.0 Å². The molecule has 2 saturated heterocycles. The van der Waals surface area contributed by atoms with Gasteiger partial charge in [-0.1, -0.05) is 45.4 Å². The molecule has 0 spiro atoms. The molecule has 0 saturated carbocycles. The molecular formula is C30H35BrN4O3. The van der Waals surface area contributed by atoms with Crippen molar-refractivity contribution in [1.29, 1.82) is 0 Å². The van der Waals surface area contributed by atoms with Gasteiger partial charge in [0.05, 0.1) is 16.7 Å². The van der Waals surface area contributed by atoms with E-state index in [1.54, 1.807) is 12.1 Å². The molecule has 200 valence electrons. The molecule has 0 radical (unpaired) electrons. The van der Waals surface area contributed by atoms with E-state index >= 15 is 0 Å². The molecule has 3 heterocycles. The summed E-state index contributed by atoms with van der Waals surface area (Å²) in [6.45, 7) is 8.30. The predicted octanol–water partition coefficient (Wildman–Crippen LogP) is 5.38. The van der Waals surface area contributed by atoms with Crippen LogP contribution in [-0.4, -0.2) is 59.7 Å². The highest BCUT2D eigenvalue weighted by atomic mass is 79.9. The second-order valence-electron chi connectivity index (χ2n) is 10.5. The lowest BCUT2D eigenvalue weighted by Gasteiger charge is -2.49. The van der Waals surface area contributed by atoms with Crippen LogP contribution in [0.2, 0.25) is 0 Å². The second kappa shape index (κ2) is 11.4. The molecule has 0 N–H and O–H groups in total. The van der Waals surface area contributed by atoms with Gasteiger partial charge in [-0.2, -0.15) is 4.73 Å². The molecule has 0 aliphatic carbocycles. The number of para-hydroxylation sites is 1. The largest absolute Gasteiger partial charge is 0.618 e. The number of aromatic nitrogens is 1. The van der Waals surface area contributed by atoms with Crippen LogP contribution in [0.1, 0.15) is 55.5 Å². The van der Waals surface area contributed by atoms with Crippen LogP contribution in [0.4, 0.5) is 0 Å². The maximum atomic E-state index is 13.4. The zero-order chi connectivity index (χ0) is 26.7. The van der Waals surface area contributed by atoms with Crippen molar-refractivity contribution in [3.05, 3.63) is 81.6 Å². The van der Waals surface area contributed by atoms with Crippen LogP contribution in [0.5, 0.6) is 0 Å². The van der Waals surface area contributed by atoms with E-state index in [1.807, 2.05) is 30.0 Å². The van der Waals surface area contributed by atoms with Crippen LogP contribution < -0.4 is 4.73 Å². The topological polar surface area (TPSA) is 72.1 Å². The summed E-state index contributed by atoms with van der Waals surface area (Å²) in [5.74, 6) is 0.369. The third kappa shape index (κ3) is 5.43. The summed E-state index contributed by atoms with van der Waals surface area (Å²) in [7, 11) is 0. The molecule has 1 amide bonds. The van der Waals surface area contributed by atoms with Crippen LogP contribution in [-0.2, 0) is 4.84 Å². The minimum atomic E-state index is 0.00818. The Hall–Kier alpha value is -2.97. The van der Waals surface area contributed by atoms with Gasteiger partial charge in [0.2, 0.25) is 5.52 Å². The average molecular weight is 580 g/mol. The van der Waals surface area contributed by atoms with Crippen LogP contribution in [0.3, 0.4) is 0 Å². The minimum Gasteiger partial charge on any atom is -0.618 e. The number of rotatable bonds is 6. The molecule has 38 heavy (non-hydrogen) atoms. The number of hydrogen-bond donors (Lipinski definition) is 0. The fraction of sp³-hybridized carbons (Fsp3) is 0.433. The number of likely N-dealkylation sites (tertiary alicyclic amines) is 2. The molecule has 7 nitrogen and oxygen atoms in total. The van der Waals surface area contributed by atoms with Crippen molar-refractivity contribution < 1.29 is 14.4 Å². The number of benzene rings is 2. The standard InChI is InChI=1S/C30H35BrN4O3/c1-3-38-32-28(22-8-10-24(31)11-9-22)23-12-17-34(18-13-23)30(2)15-20-33(21-16-30)29(36)26-14-19-35(37)27-7-5-4-6-25(26)27/h4-11,14,19,23H,3,12-13,15-18,20-21H2,1-2H3/b32-28+. The third-order valence-electron chi connectivity index (χ3n) is 8.24. The number of halogens is 1. The van der Waals surface area contributed by atoms with Gasteiger partial charge >= 0.3 is 0 Å². The molecular weight excluding hydrogens is 544 g/mol. The normalized spacial score (nSPS) is 19.0. The fourth-order valence-corrected chi connectivity index (χ4v) is 6.15. The van der Waals surface area contributed by atoms with Gasteiger partial charge in [-0.15, -0.1) is 0 Å². The van der Waals surface area contributed by atoms with Gasteiger partial charge in [0, 0.05) is 41.2 Å². The summed E-state index contributed by atoms with van der Waals surface area (Å²) in [6.07, 6.45) is 5.37. The molecule has 5 rings (SSSR count). The lowest BCUT2D eigenvalue weighted by Crippen LogP contribution is -2.56. The first-order valence-corrected chi connectivity index (χ1v) is 14.3. The first-order valence-electron chi connectivity index (χ1n) is 13.5. The number of hydrogen-bond acceptors (Lipinski definition) is 5. The molecule has 2 aromatic carbocycles. The van der Waals surface area contributed by atoms with E-state index in [0.29, 0.717) is 42.1 Å². The number of fused-ring (bicyclic) bond motifs is 1. The highest BCUT2D eigenvalue weighted by Gasteiger charge is 2.39. The molecule has 2 aliphatic heterocycles. The number of piperidine rings is 2. The van der Waals surface area contributed by atoms with Gasteiger partial charge in [0.1, 0.15) is 6.61 Å². The van der Waals surface area contributed by atoms with E-state index in [1.165, 1.54) is 6.20 Å². The Balaban J connectivity index is 1.22. The number of carbonyl (C=O) groups is 1. The van der Waals surface area contributed by atoms with Crippen molar-refractivity contribution in [3.8, 4) is 0 Å². The van der Waals surface area contributed by atoms with Crippen molar-refractivity contribution in [2.45, 2.75) is 45.1 Å². The Morgan fingerprint density at radius 2 is 1.76 bits per heavy atom. The average Bonchev–Trinajstić information content (AvgIpc) is 2.95. The quantitative estimate of drug-likeness (QED) is 0.170. The minimum absolute atomic E-state index is 0.00818. The van der Waals surface area contributed by atoms with Crippen molar-refractivity contribution in [2.24, 2.45) is 11.1 Å². The summed E-state index contributed by atoms with van der Waals surface area (Å²) in [6, 6.07) is 17.3. The first-order chi connectivity index (χ1) is 18.4. The molecule has 2 aliphatic rings. The molecule has 3 aromatic rings. The van der Waals surface area contributed by atoms with E-state index in [4.69, 9.17) is 4.84 Å². The van der Waals surface area contributed by atoms with Gasteiger partial charge in [0.15, 0.2) is 6.20 Å². The molecule has 2 fully saturated rings. The second-order valence-corrected chi connectivity index (χ2v) is 11.4. The maximum Gasteiger partial charge on any atom is 0.254 e. The van der Waals surface area contributed by atoms with E-state index in [2.05, 4.69) is 57.2 Å². The number of oxime groups is 1. The molecule has 8 heteroatoms. The Kier molecular flexibility index (Phi) is 8.00. The van der Waals surface area contributed by atoms with Crippen LogP contribution in [0, 0.1) is 11.1 Å². The SMILES string of the molecule is CCO/N=C(\c1ccc(Br)cc1)C1CCN(C2(C)CCN(C(=O)c3cc[n+]([O-])c4ccccc34)CC2)CC1. The summed E-state index contributed by atoms with van der Waals surface area (Å²) >= 11 is 3.52. The monoisotopic (exact) mass is 578 g/mol. The zero-order valence-corrected chi connectivity index (χ0v) is 23.7. The third-order valence-corrected chi connectivity index (χ3v) is 8.77. The Morgan fingerprint density at radius 3 is 2.45 bits per heavy atom. The highest BCUT2D eigenvalue weighted by Crippen LogP contribution is 2.34. The zero-order valence-electron chi connectivity index (χ0n) is 22.1. The highest BCUT2D eigenvalue weighted by molar-refractivity contribution is 9.10. The smallest absolute Gasteiger partial charge is 0.254 e. The molecule has 0 unspecified atom stereocenters. The molecule has 1 aromatic heterocycles. The lowest BCUT2D eigenvalue weighted by atomic mass is 9.82. The van der Waals surface area contributed by atoms with Crippen molar-refractivity contribution in [3.63, 3.8) is 0 Å².